The molecule has 1 atom stereocenters. The van der Waals surface area contributed by atoms with E-state index in [-0.39, 0.29) is 17.7 Å². The molecule has 0 aromatic heterocycles. The minimum atomic E-state index is -0.194. The van der Waals surface area contributed by atoms with E-state index in [9.17, 15) is 9.59 Å². The molecule has 0 aliphatic carbocycles. The van der Waals surface area contributed by atoms with Crippen LogP contribution in [0.15, 0.2) is 72.4 Å². The Hall–Kier alpha value is -2.88. The SMILES string of the molecule is CC1=CN(NC(=O)c2ccccc2)C(c2ccccc2)CC1=O. The summed E-state index contributed by atoms with van der Waals surface area (Å²) in [4.78, 5) is 24.5. The normalized spacial score (nSPS) is 17.6. The van der Waals surface area contributed by atoms with Crippen molar-refractivity contribution in [1.29, 1.82) is 0 Å². The van der Waals surface area contributed by atoms with Gasteiger partial charge >= 0.3 is 0 Å². The van der Waals surface area contributed by atoms with Crippen molar-refractivity contribution in [2.75, 3.05) is 0 Å². The quantitative estimate of drug-likeness (QED) is 0.947. The van der Waals surface area contributed by atoms with Crippen molar-refractivity contribution in [2.45, 2.75) is 19.4 Å². The molecule has 116 valence electrons. The number of hydrogen-bond donors (Lipinski definition) is 1. The fraction of sp³-hybridized carbons (Fsp3) is 0.158. The van der Waals surface area contributed by atoms with E-state index >= 15 is 0 Å². The molecule has 2 aromatic carbocycles. The van der Waals surface area contributed by atoms with Crippen molar-refractivity contribution in [3.8, 4) is 0 Å². The van der Waals surface area contributed by atoms with E-state index in [0.29, 0.717) is 17.6 Å². The highest BCUT2D eigenvalue weighted by molar-refractivity contribution is 5.97. The molecular weight excluding hydrogens is 288 g/mol. The van der Waals surface area contributed by atoms with E-state index in [4.69, 9.17) is 0 Å². The Kier molecular flexibility index (Phi) is 4.24. The highest BCUT2D eigenvalue weighted by atomic mass is 16.2. The summed E-state index contributed by atoms with van der Waals surface area (Å²) < 4.78 is 0. The van der Waals surface area contributed by atoms with Crippen LogP contribution in [0.1, 0.15) is 35.3 Å². The number of hydrogen-bond acceptors (Lipinski definition) is 3. The second-order valence-electron chi connectivity index (χ2n) is 5.58. The Labute approximate surface area is 135 Å². The molecule has 0 bridgehead atoms. The first kappa shape index (κ1) is 15.0. The number of allylic oxidation sites excluding steroid dienone is 1. The second kappa shape index (κ2) is 6.48. The number of nitrogens with zero attached hydrogens (tertiary/aromatic N) is 1. The van der Waals surface area contributed by atoms with Gasteiger partial charge in [-0.15, -0.1) is 0 Å². The third-order valence-electron chi connectivity index (χ3n) is 3.94. The highest BCUT2D eigenvalue weighted by Crippen LogP contribution is 2.29. The largest absolute Gasteiger partial charge is 0.294 e. The van der Waals surface area contributed by atoms with Crippen molar-refractivity contribution in [2.24, 2.45) is 0 Å². The molecule has 1 unspecified atom stereocenters. The van der Waals surface area contributed by atoms with Crippen molar-refractivity contribution < 1.29 is 9.59 Å². The monoisotopic (exact) mass is 306 g/mol. The summed E-state index contributed by atoms with van der Waals surface area (Å²) in [6.45, 7) is 1.77. The zero-order valence-corrected chi connectivity index (χ0v) is 12.9. The lowest BCUT2D eigenvalue weighted by atomic mass is 9.95. The maximum atomic E-state index is 12.4. The number of carbonyl (C=O) groups excluding carboxylic acids is 2. The third kappa shape index (κ3) is 3.31. The van der Waals surface area contributed by atoms with E-state index < -0.39 is 0 Å². The molecule has 2 aromatic rings. The fourth-order valence-corrected chi connectivity index (χ4v) is 2.64. The molecule has 1 aliphatic heterocycles. The number of ketones is 1. The van der Waals surface area contributed by atoms with Crippen LogP contribution < -0.4 is 5.43 Å². The summed E-state index contributed by atoms with van der Waals surface area (Å²) in [6, 6.07) is 18.6. The van der Waals surface area contributed by atoms with Crippen LogP contribution in [0.25, 0.3) is 0 Å². The molecule has 0 saturated heterocycles. The number of nitrogens with one attached hydrogen (secondary N) is 1. The average Bonchev–Trinajstić information content (AvgIpc) is 2.59. The van der Waals surface area contributed by atoms with Crippen LogP contribution in [0.3, 0.4) is 0 Å². The molecule has 23 heavy (non-hydrogen) atoms. The van der Waals surface area contributed by atoms with Crippen molar-refractivity contribution in [3.63, 3.8) is 0 Å². The van der Waals surface area contributed by atoms with E-state index in [1.807, 2.05) is 48.5 Å². The Morgan fingerprint density at radius 1 is 1.04 bits per heavy atom. The zero-order chi connectivity index (χ0) is 16.2. The van der Waals surface area contributed by atoms with Crippen LogP contribution >= 0.6 is 0 Å². The Balaban J connectivity index is 1.87. The lowest BCUT2D eigenvalue weighted by Gasteiger charge is -2.34. The minimum absolute atomic E-state index is 0.101. The zero-order valence-electron chi connectivity index (χ0n) is 12.9. The molecule has 1 aliphatic rings. The van der Waals surface area contributed by atoms with Crippen LogP contribution in [-0.2, 0) is 4.79 Å². The summed E-state index contributed by atoms with van der Waals surface area (Å²) >= 11 is 0. The number of Topliss-reactive ketones (excluding diaryl/α,β-unsaturated/α-hetero) is 1. The van der Waals surface area contributed by atoms with Crippen LogP contribution in [0.5, 0.6) is 0 Å². The molecule has 1 amide bonds. The van der Waals surface area contributed by atoms with Gasteiger partial charge in [-0.05, 0) is 24.6 Å². The van der Waals surface area contributed by atoms with E-state index in [1.165, 1.54) is 0 Å². The van der Waals surface area contributed by atoms with Crippen molar-refractivity contribution >= 4 is 11.7 Å². The average molecular weight is 306 g/mol. The van der Waals surface area contributed by atoms with Gasteiger partial charge in [0.1, 0.15) is 0 Å². The van der Waals surface area contributed by atoms with Gasteiger partial charge in [-0.2, -0.15) is 0 Å². The summed E-state index contributed by atoms with van der Waals surface area (Å²) in [5, 5.41) is 1.74. The summed E-state index contributed by atoms with van der Waals surface area (Å²) in [6.07, 6.45) is 2.06. The molecule has 0 saturated carbocycles. The van der Waals surface area contributed by atoms with E-state index in [2.05, 4.69) is 5.43 Å². The molecule has 3 rings (SSSR count). The van der Waals surface area contributed by atoms with Crippen LogP contribution in [-0.4, -0.2) is 16.7 Å². The second-order valence-corrected chi connectivity index (χ2v) is 5.58. The Morgan fingerprint density at radius 2 is 1.65 bits per heavy atom. The molecule has 4 heteroatoms. The summed E-state index contributed by atoms with van der Waals surface area (Å²) in [7, 11) is 0. The Bertz CT molecular complexity index is 738. The highest BCUT2D eigenvalue weighted by Gasteiger charge is 2.28. The summed E-state index contributed by atoms with van der Waals surface area (Å²) in [5.41, 5.74) is 5.13. The van der Waals surface area contributed by atoms with Gasteiger partial charge in [0.15, 0.2) is 5.78 Å². The number of carbonyl (C=O) groups is 2. The van der Waals surface area contributed by atoms with Gasteiger partial charge in [-0.1, -0.05) is 48.5 Å². The van der Waals surface area contributed by atoms with Crippen LogP contribution in [0.2, 0.25) is 0 Å². The first-order valence-corrected chi connectivity index (χ1v) is 7.56. The van der Waals surface area contributed by atoms with Gasteiger partial charge in [0.25, 0.3) is 5.91 Å². The van der Waals surface area contributed by atoms with Gasteiger partial charge in [-0.25, -0.2) is 0 Å². The van der Waals surface area contributed by atoms with Gasteiger partial charge in [0.2, 0.25) is 0 Å². The van der Waals surface area contributed by atoms with Gasteiger partial charge in [-0.3, -0.25) is 20.0 Å². The van der Waals surface area contributed by atoms with Gasteiger partial charge in [0.05, 0.1) is 6.04 Å². The Morgan fingerprint density at radius 3 is 2.30 bits per heavy atom. The maximum absolute atomic E-state index is 12.4. The summed E-state index contributed by atoms with van der Waals surface area (Å²) in [5.74, 6) is -0.0889. The van der Waals surface area contributed by atoms with Crippen molar-refractivity contribution in [3.05, 3.63) is 83.6 Å². The number of rotatable bonds is 3. The third-order valence-corrected chi connectivity index (χ3v) is 3.94. The van der Waals surface area contributed by atoms with E-state index in [1.54, 1.807) is 30.3 Å². The van der Waals surface area contributed by atoms with Crippen LogP contribution in [0, 0.1) is 0 Å². The lowest BCUT2D eigenvalue weighted by molar-refractivity contribution is -0.117. The van der Waals surface area contributed by atoms with Crippen molar-refractivity contribution in [1.82, 2.24) is 10.4 Å². The topological polar surface area (TPSA) is 49.4 Å². The van der Waals surface area contributed by atoms with Gasteiger partial charge < -0.3 is 0 Å². The predicted molar refractivity (Wildman–Crippen MR) is 88.3 cm³/mol. The maximum Gasteiger partial charge on any atom is 0.269 e. The lowest BCUT2D eigenvalue weighted by Crippen LogP contribution is -2.44. The molecule has 0 fully saturated rings. The first-order valence-electron chi connectivity index (χ1n) is 7.56. The molecule has 4 nitrogen and oxygen atoms in total. The smallest absolute Gasteiger partial charge is 0.269 e. The van der Waals surface area contributed by atoms with Crippen LogP contribution in [0.4, 0.5) is 0 Å². The first-order chi connectivity index (χ1) is 11.1. The number of amides is 1. The van der Waals surface area contributed by atoms with Gasteiger partial charge in [0, 0.05) is 23.8 Å². The number of benzene rings is 2. The minimum Gasteiger partial charge on any atom is -0.294 e. The molecular formula is C19H18N2O2. The predicted octanol–water partition coefficient (Wildman–Crippen LogP) is 3.25. The molecule has 1 N–H and O–H groups in total. The fourth-order valence-electron chi connectivity index (χ4n) is 2.64. The van der Waals surface area contributed by atoms with E-state index in [0.717, 1.165) is 5.56 Å². The molecule has 0 radical (unpaired) electrons. The molecule has 1 heterocycles. The standard InChI is InChI=1S/C19H18N2O2/c1-14-13-21(20-19(23)16-10-6-3-7-11-16)17(12-18(14)22)15-8-4-2-5-9-15/h2-11,13,17H,12H2,1H3,(H,20,23). The number of hydrazine groups is 1. The molecule has 0 spiro atoms.